The molecule has 0 aliphatic heterocycles. The number of hydrogen-bond acceptors (Lipinski definition) is 6. The summed E-state index contributed by atoms with van der Waals surface area (Å²) in [6, 6.07) is 7.56. The van der Waals surface area contributed by atoms with E-state index < -0.39 is 6.29 Å². The number of oxime groups is 2. The third kappa shape index (κ3) is 5.64. The molecule has 1 atom stereocenters. The van der Waals surface area contributed by atoms with E-state index in [-0.39, 0.29) is 12.4 Å². The zero-order valence-corrected chi connectivity index (χ0v) is 14.5. The van der Waals surface area contributed by atoms with E-state index in [1.807, 2.05) is 45.0 Å². The van der Waals surface area contributed by atoms with Gasteiger partial charge in [-0.2, -0.15) is 0 Å². The van der Waals surface area contributed by atoms with Crippen LogP contribution in [0.3, 0.4) is 0 Å². The van der Waals surface area contributed by atoms with Crippen molar-refractivity contribution in [3.05, 3.63) is 30.1 Å². The number of nitrogens with two attached hydrogens (primary N) is 1. The number of amidine groups is 1. The molecule has 1 heterocycles. The van der Waals surface area contributed by atoms with Crippen molar-refractivity contribution in [1.82, 2.24) is 9.55 Å². The molecule has 8 nitrogen and oxygen atoms in total. The van der Waals surface area contributed by atoms with Crippen LogP contribution in [0.5, 0.6) is 0 Å². The first-order valence-electron chi connectivity index (χ1n) is 7.86. The van der Waals surface area contributed by atoms with Gasteiger partial charge in [-0.05, 0) is 31.1 Å². The van der Waals surface area contributed by atoms with Crippen molar-refractivity contribution >= 4 is 23.1 Å². The molecule has 0 bridgehead atoms. The summed E-state index contributed by atoms with van der Waals surface area (Å²) in [6.07, 6.45) is 0.477. The molecule has 0 spiro atoms. The highest BCUT2D eigenvalue weighted by Gasteiger charge is 2.13. The second-order valence-electron chi connectivity index (χ2n) is 4.53. The SMILES string of the molecule is CC.CCOC(O)Cn1c(/C=N/O/N=C(\C)N)nc2ccccc21. The summed E-state index contributed by atoms with van der Waals surface area (Å²) in [5.74, 6) is 0.780. The molecule has 0 saturated heterocycles. The Bertz CT molecular complexity index is 677. The van der Waals surface area contributed by atoms with Crippen molar-refractivity contribution in [1.29, 1.82) is 0 Å². The second-order valence-corrected chi connectivity index (χ2v) is 4.53. The lowest BCUT2D eigenvalue weighted by molar-refractivity contribution is -0.103. The molecule has 0 fully saturated rings. The van der Waals surface area contributed by atoms with Crippen LogP contribution in [0.15, 0.2) is 34.6 Å². The van der Waals surface area contributed by atoms with Crippen LogP contribution in [0.2, 0.25) is 0 Å². The van der Waals surface area contributed by atoms with Gasteiger partial charge in [0.2, 0.25) is 0 Å². The van der Waals surface area contributed by atoms with Crippen LogP contribution in [-0.4, -0.2) is 39.6 Å². The quantitative estimate of drug-likeness (QED) is 0.348. The largest absolute Gasteiger partial charge is 0.385 e. The molecule has 0 amide bonds. The van der Waals surface area contributed by atoms with Gasteiger partial charge in [-0.3, -0.25) is 0 Å². The summed E-state index contributed by atoms with van der Waals surface area (Å²) in [5, 5.41) is 17.1. The predicted molar refractivity (Wildman–Crippen MR) is 94.7 cm³/mol. The van der Waals surface area contributed by atoms with Crippen LogP contribution in [0.1, 0.15) is 33.5 Å². The third-order valence-electron chi connectivity index (χ3n) is 2.78. The van der Waals surface area contributed by atoms with Crippen LogP contribution in [0.4, 0.5) is 0 Å². The summed E-state index contributed by atoms with van der Waals surface area (Å²) < 4.78 is 6.96. The smallest absolute Gasteiger partial charge is 0.172 e. The molecular weight excluding hydrogens is 310 g/mol. The van der Waals surface area contributed by atoms with Gasteiger partial charge in [0.1, 0.15) is 12.1 Å². The minimum Gasteiger partial charge on any atom is -0.385 e. The van der Waals surface area contributed by atoms with Crippen molar-refractivity contribution in [2.24, 2.45) is 16.0 Å². The van der Waals surface area contributed by atoms with Crippen molar-refractivity contribution in [2.75, 3.05) is 6.61 Å². The Morgan fingerprint density at radius 2 is 2.12 bits per heavy atom. The van der Waals surface area contributed by atoms with Crippen LogP contribution in [-0.2, 0) is 16.2 Å². The van der Waals surface area contributed by atoms with Gasteiger partial charge in [-0.15, -0.1) is 0 Å². The van der Waals surface area contributed by atoms with E-state index in [9.17, 15) is 5.11 Å². The van der Waals surface area contributed by atoms with Crippen molar-refractivity contribution in [2.45, 2.75) is 40.5 Å². The molecule has 2 rings (SSSR count). The number of benzene rings is 1. The molecule has 24 heavy (non-hydrogen) atoms. The number of aliphatic hydroxyl groups excluding tert-OH is 1. The predicted octanol–water partition coefficient (Wildman–Crippen LogP) is 2.06. The monoisotopic (exact) mass is 335 g/mol. The summed E-state index contributed by atoms with van der Waals surface area (Å²) in [6.45, 7) is 8.06. The van der Waals surface area contributed by atoms with Crippen molar-refractivity contribution < 1.29 is 14.8 Å². The Kier molecular flexibility index (Phi) is 8.45. The first kappa shape index (κ1) is 19.6. The molecule has 0 aliphatic rings. The minimum absolute atomic E-state index is 0.231. The number of fused-ring (bicyclic) bond motifs is 1. The van der Waals surface area contributed by atoms with E-state index in [1.54, 1.807) is 11.5 Å². The molecule has 0 aliphatic carbocycles. The highest BCUT2D eigenvalue weighted by Crippen LogP contribution is 2.16. The second kappa shape index (κ2) is 10.3. The van der Waals surface area contributed by atoms with Gasteiger partial charge in [0.15, 0.2) is 12.1 Å². The first-order valence-corrected chi connectivity index (χ1v) is 7.86. The minimum atomic E-state index is -0.931. The standard InChI is InChI=1S/C14H19N5O3.C2H6/c1-3-21-14(20)9-19-12-7-5-4-6-11(12)17-13(19)8-16-22-18-10(2)15;1-2/h4-8,14,20H,3,9H2,1-2H3,(H2,15,18);1-2H3/b16-8+;. The van der Waals surface area contributed by atoms with E-state index in [1.165, 1.54) is 6.21 Å². The lowest BCUT2D eigenvalue weighted by atomic mass is 10.3. The molecule has 0 saturated carbocycles. The molecular formula is C16H25N5O3. The van der Waals surface area contributed by atoms with Crippen LogP contribution < -0.4 is 5.73 Å². The molecule has 0 radical (unpaired) electrons. The number of rotatable bonds is 7. The van der Waals surface area contributed by atoms with Gasteiger partial charge in [0.05, 0.1) is 17.6 Å². The maximum atomic E-state index is 9.86. The molecule has 3 N–H and O–H groups in total. The lowest BCUT2D eigenvalue weighted by Gasteiger charge is -2.13. The maximum absolute atomic E-state index is 9.86. The fourth-order valence-electron chi connectivity index (χ4n) is 1.94. The summed E-state index contributed by atoms with van der Waals surface area (Å²) in [7, 11) is 0. The average Bonchev–Trinajstić information content (AvgIpc) is 2.91. The van der Waals surface area contributed by atoms with Crippen LogP contribution in [0.25, 0.3) is 11.0 Å². The molecule has 8 heteroatoms. The summed E-state index contributed by atoms with van der Waals surface area (Å²) in [5.41, 5.74) is 6.99. The van der Waals surface area contributed by atoms with Gasteiger partial charge in [0, 0.05) is 6.61 Å². The summed E-state index contributed by atoms with van der Waals surface area (Å²) >= 11 is 0. The highest BCUT2D eigenvalue weighted by atomic mass is 16.8. The number of para-hydroxylation sites is 2. The fourth-order valence-corrected chi connectivity index (χ4v) is 1.94. The molecule has 1 aromatic heterocycles. The zero-order chi connectivity index (χ0) is 17.9. The Morgan fingerprint density at radius 3 is 2.79 bits per heavy atom. The molecule has 1 unspecified atom stereocenters. The van der Waals surface area contributed by atoms with E-state index >= 15 is 0 Å². The van der Waals surface area contributed by atoms with Gasteiger partial charge in [-0.25, -0.2) is 9.92 Å². The van der Waals surface area contributed by atoms with Crippen molar-refractivity contribution in [3.63, 3.8) is 0 Å². The normalized spacial score (nSPS) is 13.0. The Labute approximate surface area is 141 Å². The topological polar surface area (TPSA) is 107 Å². The molecule has 132 valence electrons. The van der Waals surface area contributed by atoms with Crippen LogP contribution >= 0.6 is 0 Å². The first-order chi connectivity index (χ1) is 11.6. The Balaban J connectivity index is 0.00000139. The van der Waals surface area contributed by atoms with E-state index in [2.05, 4.69) is 20.2 Å². The number of ether oxygens (including phenoxy) is 1. The number of nitrogens with zero attached hydrogens (tertiary/aromatic N) is 4. The summed E-state index contributed by atoms with van der Waals surface area (Å²) in [4.78, 5) is 9.12. The number of imidazole rings is 1. The number of hydrogen-bond donors (Lipinski definition) is 2. The van der Waals surface area contributed by atoms with Gasteiger partial charge >= 0.3 is 0 Å². The fraction of sp³-hybridized carbons (Fsp3) is 0.438. The van der Waals surface area contributed by atoms with Crippen LogP contribution in [0, 0.1) is 0 Å². The van der Waals surface area contributed by atoms with Crippen molar-refractivity contribution in [3.8, 4) is 0 Å². The Hall–Kier alpha value is -2.45. The Morgan fingerprint density at radius 1 is 1.42 bits per heavy atom. The van der Waals surface area contributed by atoms with Gasteiger partial charge in [0.25, 0.3) is 0 Å². The average molecular weight is 335 g/mol. The van der Waals surface area contributed by atoms with E-state index in [4.69, 9.17) is 10.5 Å². The lowest BCUT2D eigenvalue weighted by Crippen LogP contribution is -2.20. The zero-order valence-electron chi connectivity index (χ0n) is 14.5. The van der Waals surface area contributed by atoms with E-state index in [0.717, 1.165) is 11.0 Å². The van der Waals surface area contributed by atoms with Gasteiger partial charge < -0.3 is 20.1 Å². The van der Waals surface area contributed by atoms with Gasteiger partial charge in [-0.1, -0.05) is 31.1 Å². The molecule has 2 aromatic rings. The molecule has 1 aromatic carbocycles. The number of aromatic nitrogens is 2. The highest BCUT2D eigenvalue weighted by molar-refractivity contribution is 5.84. The maximum Gasteiger partial charge on any atom is 0.172 e. The third-order valence-corrected chi connectivity index (χ3v) is 2.78. The van der Waals surface area contributed by atoms with E-state index in [0.29, 0.717) is 12.4 Å². The number of aliphatic hydroxyl groups is 1.